The van der Waals surface area contributed by atoms with Crippen molar-refractivity contribution in [3.05, 3.63) is 47.5 Å². The maximum Gasteiger partial charge on any atom is 0.213 e. The summed E-state index contributed by atoms with van der Waals surface area (Å²) >= 11 is 0. The Balaban J connectivity index is 0.000000847. The van der Waals surface area contributed by atoms with Crippen molar-refractivity contribution in [2.75, 3.05) is 6.61 Å². The lowest BCUT2D eigenvalue weighted by atomic mass is 10.1. The van der Waals surface area contributed by atoms with Crippen molar-refractivity contribution in [3.63, 3.8) is 0 Å². The zero-order valence-electron chi connectivity index (χ0n) is 13.2. The van der Waals surface area contributed by atoms with Crippen LogP contribution in [0, 0.1) is 24.5 Å². The van der Waals surface area contributed by atoms with Gasteiger partial charge in [-0.25, -0.2) is 13.8 Å². The standard InChI is InChI=1S/C16H15F2NO.C2H6/c1-10-2-7-15(20-9-11-3-4-11)19-16(10)13-6-5-12(17)8-14(13)18;1-2/h2,5-8,11H,3-4,9H2,1H3;1-2H3. The molecule has 22 heavy (non-hydrogen) atoms. The first-order valence-electron chi connectivity index (χ1n) is 7.69. The third kappa shape index (κ3) is 4.03. The van der Waals surface area contributed by atoms with E-state index in [-0.39, 0.29) is 0 Å². The van der Waals surface area contributed by atoms with Crippen LogP contribution in [0.4, 0.5) is 8.78 Å². The van der Waals surface area contributed by atoms with E-state index in [9.17, 15) is 8.78 Å². The van der Waals surface area contributed by atoms with Crippen LogP contribution in [0.5, 0.6) is 5.88 Å². The van der Waals surface area contributed by atoms with E-state index in [0.29, 0.717) is 29.7 Å². The molecular weight excluding hydrogens is 284 g/mol. The fraction of sp³-hybridized carbons (Fsp3) is 0.389. The molecule has 0 N–H and O–H groups in total. The molecule has 2 aromatic rings. The number of ether oxygens (including phenoxy) is 1. The first-order chi connectivity index (χ1) is 10.6. The number of rotatable bonds is 4. The van der Waals surface area contributed by atoms with Gasteiger partial charge in [0.05, 0.1) is 12.3 Å². The van der Waals surface area contributed by atoms with E-state index in [0.717, 1.165) is 11.6 Å². The van der Waals surface area contributed by atoms with Gasteiger partial charge < -0.3 is 4.74 Å². The molecule has 2 nitrogen and oxygen atoms in total. The van der Waals surface area contributed by atoms with Gasteiger partial charge in [-0.05, 0) is 43.4 Å². The maximum absolute atomic E-state index is 13.9. The Kier molecular flexibility index (Phi) is 5.47. The Morgan fingerprint density at radius 2 is 1.86 bits per heavy atom. The molecule has 0 radical (unpaired) electrons. The highest BCUT2D eigenvalue weighted by molar-refractivity contribution is 5.64. The predicted octanol–water partition coefficient (Wildman–Crippen LogP) is 5.15. The Labute approximate surface area is 130 Å². The summed E-state index contributed by atoms with van der Waals surface area (Å²) in [5, 5.41) is 0. The molecule has 1 saturated carbocycles. The highest BCUT2D eigenvalue weighted by Gasteiger charge is 2.22. The lowest BCUT2D eigenvalue weighted by Gasteiger charge is -2.10. The molecule has 4 heteroatoms. The Bertz CT molecular complexity index is 639. The predicted molar refractivity (Wildman–Crippen MR) is 83.9 cm³/mol. The summed E-state index contributed by atoms with van der Waals surface area (Å²) in [4.78, 5) is 4.35. The smallest absolute Gasteiger partial charge is 0.213 e. The summed E-state index contributed by atoms with van der Waals surface area (Å²) in [6.07, 6.45) is 2.40. The summed E-state index contributed by atoms with van der Waals surface area (Å²) in [5.41, 5.74) is 1.62. The van der Waals surface area contributed by atoms with Crippen LogP contribution in [0.2, 0.25) is 0 Å². The van der Waals surface area contributed by atoms with Gasteiger partial charge in [0.15, 0.2) is 0 Å². The van der Waals surface area contributed by atoms with E-state index in [2.05, 4.69) is 4.98 Å². The van der Waals surface area contributed by atoms with Crippen LogP contribution in [0.1, 0.15) is 32.3 Å². The second-order valence-electron chi connectivity index (χ2n) is 5.19. The maximum atomic E-state index is 13.9. The zero-order valence-corrected chi connectivity index (χ0v) is 13.2. The second-order valence-corrected chi connectivity index (χ2v) is 5.19. The molecule has 1 aromatic carbocycles. The number of aromatic nitrogens is 1. The monoisotopic (exact) mass is 305 g/mol. The van der Waals surface area contributed by atoms with Gasteiger partial charge in [0.2, 0.25) is 5.88 Å². The fourth-order valence-corrected chi connectivity index (χ4v) is 2.03. The SMILES string of the molecule is CC.Cc1ccc(OCC2CC2)nc1-c1ccc(F)cc1F. The summed E-state index contributed by atoms with van der Waals surface area (Å²) in [6, 6.07) is 7.13. The number of halogens is 2. The highest BCUT2D eigenvalue weighted by Crippen LogP contribution is 2.30. The van der Waals surface area contributed by atoms with Crippen molar-refractivity contribution in [2.24, 2.45) is 5.92 Å². The van der Waals surface area contributed by atoms with Crippen LogP contribution in [-0.4, -0.2) is 11.6 Å². The number of benzene rings is 1. The average molecular weight is 305 g/mol. The van der Waals surface area contributed by atoms with E-state index in [4.69, 9.17) is 4.74 Å². The second kappa shape index (κ2) is 7.34. The van der Waals surface area contributed by atoms with Crippen LogP contribution in [0.15, 0.2) is 30.3 Å². The van der Waals surface area contributed by atoms with Crippen LogP contribution in [-0.2, 0) is 0 Å². The van der Waals surface area contributed by atoms with Gasteiger partial charge in [-0.15, -0.1) is 0 Å². The van der Waals surface area contributed by atoms with Crippen LogP contribution < -0.4 is 4.74 Å². The number of aryl methyl sites for hydroxylation is 1. The molecule has 0 aliphatic heterocycles. The minimum atomic E-state index is -0.611. The lowest BCUT2D eigenvalue weighted by molar-refractivity contribution is 0.289. The quantitative estimate of drug-likeness (QED) is 0.779. The number of pyridine rings is 1. The molecule has 1 aliphatic carbocycles. The van der Waals surface area contributed by atoms with Gasteiger partial charge in [-0.1, -0.05) is 19.9 Å². The largest absolute Gasteiger partial charge is 0.477 e. The molecule has 1 aliphatic rings. The molecular formula is C18H21F2NO. The first-order valence-corrected chi connectivity index (χ1v) is 7.69. The third-order valence-electron chi connectivity index (χ3n) is 3.42. The van der Waals surface area contributed by atoms with Gasteiger partial charge in [0, 0.05) is 17.7 Å². The fourth-order valence-electron chi connectivity index (χ4n) is 2.03. The molecule has 0 spiro atoms. The molecule has 0 bridgehead atoms. The molecule has 0 saturated heterocycles. The van der Waals surface area contributed by atoms with Crippen molar-refractivity contribution in [1.82, 2.24) is 4.98 Å². The normalized spacial score (nSPS) is 13.3. The van der Waals surface area contributed by atoms with Gasteiger partial charge in [-0.2, -0.15) is 0 Å². The number of hydrogen-bond acceptors (Lipinski definition) is 2. The molecule has 118 valence electrons. The molecule has 3 rings (SSSR count). The topological polar surface area (TPSA) is 22.1 Å². The van der Waals surface area contributed by atoms with Crippen LogP contribution in [0.25, 0.3) is 11.3 Å². The van der Waals surface area contributed by atoms with E-state index in [1.807, 2.05) is 26.8 Å². The average Bonchev–Trinajstić information content (AvgIpc) is 3.33. The Hall–Kier alpha value is -1.97. The summed E-state index contributed by atoms with van der Waals surface area (Å²) in [5.74, 6) is -0.0877. The number of nitrogens with zero attached hydrogens (tertiary/aromatic N) is 1. The van der Waals surface area contributed by atoms with E-state index >= 15 is 0 Å². The van der Waals surface area contributed by atoms with E-state index in [1.165, 1.54) is 25.0 Å². The molecule has 1 aromatic heterocycles. The van der Waals surface area contributed by atoms with E-state index < -0.39 is 11.6 Å². The summed E-state index contributed by atoms with van der Waals surface area (Å²) < 4.78 is 32.4. The van der Waals surface area contributed by atoms with E-state index in [1.54, 1.807) is 6.07 Å². The van der Waals surface area contributed by atoms with Gasteiger partial charge >= 0.3 is 0 Å². The molecule has 0 amide bonds. The molecule has 0 atom stereocenters. The Morgan fingerprint density at radius 1 is 1.14 bits per heavy atom. The van der Waals surface area contributed by atoms with Crippen molar-refractivity contribution in [3.8, 4) is 17.1 Å². The van der Waals surface area contributed by atoms with Gasteiger partial charge in [-0.3, -0.25) is 0 Å². The van der Waals surface area contributed by atoms with Crippen molar-refractivity contribution in [1.29, 1.82) is 0 Å². The van der Waals surface area contributed by atoms with Crippen molar-refractivity contribution in [2.45, 2.75) is 33.6 Å². The van der Waals surface area contributed by atoms with Crippen LogP contribution in [0.3, 0.4) is 0 Å². The summed E-state index contributed by atoms with van der Waals surface area (Å²) in [6.45, 7) is 6.50. The van der Waals surface area contributed by atoms with Crippen molar-refractivity contribution >= 4 is 0 Å². The van der Waals surface area contributed by atoms with Crippen molar-refractivity contribution < 1.29 is 13.5 Å². The highest BCUT2D eigenvalue weighted by atomic mass is 19.1. The molecule has 1 heterocycles. The number of hydrogen-bond donors (Lipinski definition) is 0. The van der Waals surface area contributed by atoms with Crippen LogP contribution >= 0.6 is 0 Å². The summed E-state index contributed by atoms with van der Waals surface area (Å²) in [7, 11) is 0. The Morgan fingerprint density at radius 3 is 2.50 bits per heavy atom. The third-order valence-corrected chi connectivity index (χ3v) is 3.42. The van der Waals surface area contributed by atoms with Gasteiger partial charge in [0.1, 0.15) is 11.6 Å². The minimum Gasteiger partial charge on any atom is -0.477 e. The zero-order chi connectivity index (χ0) is 16.1. The molecule has 1 fully saturated rings. The minimum absolute atomic E-state index is 0.292. The lowest BCUT2D eigenvalue weighted by Crippen LogP contribution is -2.02. The first kappa shape index (κ1) is 16.4. The van der Waals surface area contributed by atoms with Gasteiger partial charge in [0.25, 0.3) is 0 Å². The molecule has 0 unspecified atom stereocenters.